The molecule has 2 N–H and O–H groups in total. The highest BCUT2D eigenvalue weighted by Gasteiger charge is 2.16. The zero-order valence-electron chi connectivity index (χ0n) is 9.49. The lowest BCUT2D eigenvalue weighted by molar-refractivity contribution is -0.136. The van der Waals surface area contributed by atoms with Crippen LogP contribution in [0.3, 0.4) is 0 Å². The number of phenolic OH excluding ortho intramolecular Hbond substituents is 1. The number of aromatic nitrogens is 1. The maximum Gasteiger partial charge on any atom is 0.307 e. The largest absolute Gasteiger partial charge is 0.505 e. The molecule has 0 radical (unpaired) electrons. The van der Waals surface area contributed by atoms with Gasteiger partial charge < -0.3 is 14.8 Å². The molecule has 0 unspecified atom stereocenters. The summed E-state index contributed by atoms with van der Waals surface area (Å²) in [5, 5.41) is 18.8. The van der Waals surface area contributed by atoms with Crippen molar-refractivity contribution < 1.29 is 19.4 Å². The van der Waals surface area contributed by atoms with Crippen molar-refractivity contribution >= 4 is 16.9 Å². The van der Waals surface area contributed by atoms with Gasteiger partial charge in [0.15, 0.2) is 11.6 Å². The zero-order chi connectivity index (χ0) is 12.7. The van der Waals surface area contributed by atoms with Crippen LogP contribution < -0.4 is 0 Å². The molecule has 0 bridgehead atoms. The van der Waals surface area contributed by atoms with Gasteiger partial charge in [0.2, 0.25) is 0 Å². The summed E-state index contributed by atoms with van der Waals surface area (Å²) in [6.07, 6.45) is -0.145. The van der Waals surface area contributed by atoms with Gasteiger partial charge in [0.1, 0.15) is 0 Å². The third kappa shape index (κ3) is 1.73. The summed E-state index contributed by atoms with van der Waals surface area (Å²) in [6.45, 7) is 1.77. The number of carboxylic acid groups (broad SMARTS) is 1. The van der Waals surface area contributed by atoms with E-state index in [4.69, 9.17) is 5.11 Å². The average molecular weight is 237 g/mol. The van der Waals surface area contributed by atoms with Crippen molar-refractivity contribution in [3.05, 3.63) is 29.2 Å². The summed E-state index contributed by atoms with van der Waals surface area (Å²) in [5.74, 6) is -2.13. The van der Waals surface area contributed by atoms with E-state index in [0.29, 0.717) is 16.5 Å². The Balaban J connectivity index is 2.79. The number of rotatable bonds is 2. The highest BCUT2D eigenvalue weighted by atomic mass is 19.1. The van der Waals surface area contributed by atoms with Crippen molar-refractivity contribution in [3.8, 4) is 5.75 Å². The number of hydrogen-bond donors (Lipinski definition) is 2. The smallest absolute Gasteiger partial charge is 0.307 e. The van der Waals surface area contributed by atoms with Crippen molar-refractivity contribution in [1.82, 2.24) is 4.57 Å². The normalized spacial score (nSPS) is 11.0. The van der Waals surface area contributed by atoms with Gasteiger partial charge in [0, 0.05) is 24.2 Å². The Morgan fingerprint density at radius 1 is 1.47 bits per heavy atom. The molecule has 2 rings (SSSR count). The van der Waals surface area contributed by atoms with Gasteiger partial charge in [-0.2, -0.15) is 0 Å². The van der Waals surface area contributed by atoms with Crippen LogP contribution >= 0.6 is 0 Å². The van der Waals surface area contributed by atoms with E-state index < -0.39 is 17.5 Å². The van der Waals surface area contributed by atoms with Crippen LogP contribution in [-0.2, 0) is 18.3 Å². The molecule has 2 aromatic rings. The number of aromatic hydroxyl groups is 1. The lowest BCUT2D eigenvalue weighted by Crippen LogP contribution is -2.01. The van der Waals surface area contributed by atoms with Gasteiger partial charge in [0.05, 0.1) is 11.9 Å². The van der Waals surface area contributed by atoms with Crippen LogP contribution in [0, 0.1) is 12.7 Å². The number of fused-ring (bicyclic) bond motifs is 1. The van der Waals surface area contributed by atoms with E-state index in [1.165, 1.54) is 12.1 Å². The first-order valence-electron chi connectivity index (χ1n) is 5.10. The van der Waals surface area contributed by atoms with Crippen LogP contribution in [-0.4, -0.2) is 20.7 Å². The third-order valence-electron chi connectivity index (χ3n) is 3.02. The molecule has 0 fully saturated rings. The number of phenols is 1. The summed E-state index contributed by atoms with van der Waals surface area (Å²) in [7, 11) is 1.74. The first kappa shape index (κ1) is 11.4. The number of carbonyl (C=O) groups is 1. The zero-order valence-corrected chi connectivity index (χ0v) is 9.49. The molecule has 90 valence electrons. The first-order valence-corrected chi connectivity index (χ1v) is 5.10. The van der Waals surface area contributed by atoms with Crippen molar-refractivity contribution in [2.75, 3.05) is 0 Å². The molecule has 0 saturated carbocycles. The number of carboxylic acids is 1. The molecule has 0 aliphatic carbocycles. The van der Waals surface area contributed by atoms with Gasteiger partial charge in [-0.15, -0.1) is 0 Å². The van der Waals surface area contributed by atoms with Crippen LogP contribution in [0.15, 0.2) is 12.1 Å². The standard InChI is InChI=1S/C12H12FNO3/c1-6-7(4-12(16)17)8-3-11(15)9(13)5-10(8)14(6)2/h3,5,15H,4H2,1-2H3,(H,16,17). The topological polar surface area (TPSA) is 62.5 Å². The molecule has 0 atom stereocenters. The fourth-order valence-electron chi connectivity index (χ4n) is 2.02. The monoisotopic (exact) mass is 237 g/mol. The molecule has 0 amide bonds. The second kappa shape index (κ2) is 3.76. The molecule has 0 spiro atoms. The molecule has 1 aromatic carbocycles. The predicted octanol–water partition coefficient (Wildman–Crippen LogP) is 1.96. The van der Waals surface area contributed by atoms with Gasteiger partial charge in [-0.05, 0) is 18.6 Å². The Bertz CT molecular complexity index is 616. The SMILES string of the molecule is Cc1c(CC(=O)O)c2cc(O)c(F)cc2n1C. The molecule has 1 aromatic heterocycles. The van der Waals surface area contributed by atoms with Gasteiger partial charge in [0.25, 0.3) is 0 Å². The van der Waals surface area contributed by atoms with Crippen LogP contribution in [0.4, 0.5) is 4.39 Å². The molecule has 4 nitrogen and oxygen atoms in total. The highest BCUT2D eigenvalue weighted by Crippen LogP contribution is 2.30. The molecular formula is C12H12FNO3. The second-order valence-corrected chi connectivity index (χ2v) is 4.01. The summed E-state index contributed by atoms with van der Waals surface area (Å²) < 4.78 is 15.0. The minimum absolute atomic E-state index is 0.145. The van der Waals surface area contributed by atoms with Crippen molar-refractivity contribution in [2.45, 2.75) is 13.3 Å². The van der Waals surface area contributed by atoms with E-state index in [9.17, 15) is 14.3 Å². The number of aryl methyl sites for hydroxylation is 1. The van der Waals surface area contributed by atoms with Crippen LogP contribution in [0.2, 0.25) is 0 Å². The van der Waals surface area contributed by atoms with Crippen LogP contribution in [0.5, 0.6) is 5.75 Å². The Hall–Kier alpha value is -2.04. The minimum atomic E-state index is -0.954. The summed E-state index contributed by atoms with van der Waals surface area (Å²) >= 11 is 0. The van der Waals surface area contributed by atoms with E-state index in [0.717, 1.165) is 5.69 Å². The summed E-state index contributed by atoms with van der Waals surface area (Å²) in [4.78, 5) is 10.8. The van der Waals surface area contributed by atoms with E-state index in [2.05, 4.69) is 0 Å². The van der Waals surface area contributed by atoms with Crippen molar-refractivity contribution in [3.63, 3.8) is 0 Å². The van der Waals surface area contributed by atoms with Gasteiger partial charge in [-0.3, -0.25) is 4.79 Å². The Morgan fingerprint density at radius 2 is 2.12 bits per heavy atom. The van der Waals surface area contributed by atoms with E-state index in [1.54, 1.807) is 18.5 Å². The molecular weight excluding hydrogens is 225 g/mol. The number of halogens is 1. The molecule has 0 aliphatic heterocycles. The lowest BCUT2D eigenvalue weighted by Gasteiger charge is -1.99. The maximum atomic E-state index is 13.3. The maximum absolute atomic E-state index is 13.3. The molecule has 5 heteroatoms. The molecule has 0 saturated heterocycles. The van der Waals surface area contributed by atoms with Crippen molar-refractivity contribution in [2.24, 2.45) is 7.05 Å². The minimum Gasteiger partial charge on any atom is -0.505 e. The Labute approximate surface area is 96.9 Å². The summed E-state index contributed by atoms with van der Waals surface area (Å²) in [5.41, 5.74) is 1.94. The Kier molecular flexibility index (Phi) is 2.53. The van der Waals surface area contributed by atoms with Crippen LogP contribution in [0.1, 0.15) is 11.3 Å². The third-order valence-corrected chi connectivity index (χ3v) is 3.02. The number of nitrogens with zero attached hydrogens (tertiary/aromatic N) is 1. The highest BCUT2D eigenvalue weighted by molar-refractivity contribution is 5.90. The quantitative estimate of drug-likeness (QED) is 0.839. The first-order chi connectivity index (χ1) is 7.91. The van der Waals surface area contributed by atoms with E-state index in [-0.39, 0.29) is 6.42 Å². The van der Waals surface area contributed by atoms with E-state index in [1.807, 2.05) is 0 Å². The fourth-order valence-corrected chi connectivity index (χ4v) is 2.02. The molecule has 17 heavy (non-hydrogen) atoms. The molecule has 0 aliphatic rings. The second-order valence-electron chi connectivity index (χ2n) is 4.01. The fraction of sp³-hybridized carbons (Fsp3) is 0.250. The summed E-state index contributed by atoms with van der Waals surface area (Å²) in [6, 6.07) is 2.49. The van der Waals surface area contributed by atoms with Gasteiger partial charge >= 0.3 is 5.97 Å². The predicted molar refractivity (Wildman–Crippen MR) is 60.6 cm³/mol. The van der Waals surface area contributed by atoms with Crippen LogP contribution in [0.25, 0.3) is 10.9 Å². The van der Waals surface area contributed by atoms with Gasteiger partial charge in [-0.25, -0.2) is 4.39 Å². The lowest BCUT2D eigenvalue weighted by atomic mass is 10.1. The Morgan fingerprint density at radius 3 is 2.71 bits per heavy atom. The van der Waals surface area contributed by atoms with Crippen molar-refractivity contribution in [1.29, 1.82) is 0 Å². The van der Waals surface area contributed by atoms with Gasteiger partial charge in [-0.1, -0.05) is 0 Å². The average Bonchev–Trinajstić information content (AvgIpc) is 2.45. The molecule has 1 heterocycles. The van der Waals surface area contributed by atoms with E-state index >= 15 is 0 Å². The number of aliphatic carboxylic acids is 1. The number of hydrogen-bond acceptors (Lipinski definition) is 2. The number of benzene rings is 1.